The molecule has 2 aromatic carbocycles. The van der Waals surface area contributed by atoms with Crippen LogP contribution < -0.4 is 10.2 Å². The summed E-state index contributed by atoms with van der Waals surface area (Å²) in [4.78, 5) is 28.6. The van der Waals surface area contributed by atoms with E-state index in [0.29, 0.717) is 28.9 Å². The van der Waals surface area contributed by atoms with Crippen molar-refractivity contribution in [3.8, 4) is 5.75 Å². The highest BCUT2D eigenvalue weighted by Gasteiger charge is 2.43. The zero-order valence-corrected chi connectivity index (χ0v) is 18.0. The van der Waals surface area contributed by atoms with Gasteiger partial charge >= 0.3 is 0 Å². The van der Waals surface area contributed by atoms with Crippen LogP contribution in [0.3, 0.4) is 0 Å². The number of carbonyl (C=O) groups excluding carboxylic acids is 1. The highest BCUT2D eigenvalue weighted by molar-refractivity contribution is 5.99. The van der Waals surface area contributed by atoms with E-state index in [4.69, 9.17) is 13.6 Å². The maximum absolute atomic E-state index is 13.6. The number of nitrogens with zero attached hydrogens (tertiary/aromatic N) is 1. The van der Waals surface area contributed by atoms with Gasteiger partial charge in [0.25, 0.3) is 5.91 Å². The van der Waals surface area contributed by atoms with E-state index in [0.717, 1.165) is 23.3 Å². The summed E-state index contributed by atoms with van der Waals surface area (Å²) in [5.41, 5.74) is 2.36. The van der Waals surface area contributed by atoms with Crippen molar-refractivity contribution in [1.82, 2.24) is 4.90 Å². The fraction of sp³-hybridized carbons (Fsp3) is 0.231. The Labute approximate surface area is 185 Å². The van der Waals surface area contributed by atoms with Gasteiger partial charge in [-0.1, -0.05) is 30.7 Å². The van der Waals surface area contributed by atoms with E-state index in [1.807, 2.05) is 50.2 Å². The lowest BCUT2D eigenvalue weighted by Gasteiger charge is -2.24. The van der Waals surface area contributed by atoms with Gasteiger partial charge in [0.05, 0.1) is 36.4 Å². The van der Waals surface area contributed by atoms with Gasteiger partial charge in [-0.2, -0.15) is 0 Å². The molecule has 5 rings (SSSR count). The third-order valence-corrected chi connectivity index (χ3v) is 5.70. The summed E-state index contributed by atoms with van der Waals surface area (Å²) in [7, 11) is 0. The van der Waals surface area contributed by atoms with Gasteiger partial charge < -0.3 is 18.5 Å². The van der Waals surface area contributed by atoms with Crippen LogP contribution in [-0.4, -0.2) is 17.4 Å². The molecule has 1 aliphatic rings. The van der Waals surface area contributed by atoms with Crippen molar-refractivity contribution in [3.05, 3.63) is 99.3 Å². The predicted octanol–water partition coefficient (Wildman–Crippen LogP) is 5.23. The topological polar surface area (TPSA) is 72.9 Å². The Kier molecular flexibility index (Phi) is 5.05. The Morgan fingerprint density at radius 2 is 1.88 bits per heavy atom. The Balaban J connectivity index is 1.66. The quantitative estimate of drug-likeness (QED) is 0.420. The molecule has 0 fully saturated rings. The normalized spacial score (nSPS) is 15.4. The third kappa shape index (κ3) is 3.38. The van der Waals surface area contributed by atoms with Crippen molar-refractivity contribution >= 4 is 16.9 Å². The van der Waals surface area contributed by atoms with E-state index in [-0.39, 0.29) is 23.6 Å². The maximum Gasteiger partial charge on any atom is 0.291 e. The van der Waals surface area contributed by atoms with Gasteiger partial charge in [-0.3, -0.25) is 9.59 Å². The van der Waals surface area contributed by atoms with Gasteiger partial charge in [0, 0.05) is 0 Å². The van der Waals surface area contributed by atoms with Gasteiger partial charge in [-0.15, -0.1) is 0 Å². The van der Waals surface area contributed by atoms with Crippen LogP contribution in [0.25, 0.3) is 11.0 Å². The van der Waals surface area contributed by atoms with Crippen LogP contribution >= 0.6 is 0 Å². The predicted molar refractivity (Wildman–Crippen MR) is 120 cm³/mol. The van der Waals surface area contributed by atoms with Crippen molar-refractivity contribution in [2.24, 2.45) is 0 Å². The van der Waals surface area contributed by atoms with Crippen molar-refractivity contribution < 1.29 is 18.4 Å². The summed E-state index contributed by atoms with van der Waals surface area (Å²) in [5.74, 6) is 1.15. The standard InChI is InChI=1S/C26H23NO5/c1-3-12-30-18-9-7-17(8-10-18)23-22-24(28)20-14-16(2)6-11-21(20)32-25(22)26(29)27(23)15-19-5-4-13-31-19/h4-11,13-14,23H,3,12,15H2,1-2H3/t23-/m1/s1. The van der Waals surface area contributed by atoms with E-state index in [2.05, 4.69) is 0 Å². The molecule has 0 bridgehead atoms. The fourth-order valence-corrected chi connectivity index (χ4v) is 4.18. The number of hydrogen-bond acceptors (Lipinski definition) is 5. The van der Waals surface area contributed by atoms with Crippen molar-refractivity contribution in [1.29, 1.82) is 0 Å². The SMILES string of the molecule is CCCOc1ccc([C@@H]2c3c(oc4ccc(C)cc4c3=O)C(=O)N2Cc2ccco2)cc1. The highest BCUT2D eigenvalue weighted by Crippen LogP contribution is 2.39. The Morgan fingerprint density at radius 1 is 1.06 bits per heavy atom. The van der Waals surface area contributed by atoms with E-state index in [1.165, 1.54) is 0 Å². The first-order chi connectivity index (χ1) is 15.6. The number of ether oxygens (including phenoxy) is 1. The molecule has 3 heterocycles. The van der Waals surface area contributed by atoms with E-state index in [1.54, 1.807) is 29.4 Å². The molecule has 1 aliphatic heterocycles. The smallest absolute Gasteiger partial charge is 0.291 e. The molecular formula is C26H23NO5. The van der Waals surface area contributed by atoms with Crippen LogP contribution in [-0.2, 0) is 6.54 Å². The van der Waals surface area contributed by atoms with E-state index in [9.17, 15) is 9.59 Å². The maximum atomic E-state index is 13.6. The minimum atomic E-state index is -0.580. The largest absolute Gasteiger partial charge is 0.494 e. The van der Waals surface area contributed by atoms with Crippen LogP contribution in [0.4, 0.5) is 0 Å². The second kappa shape index (κ2) is 8.04. The molecule has 0 unspecified atom stereocenters. The third-order valence-electron chi connectivity index (χ3n) is 5.70. The molecule has 1 amide bonds. The van der Waals surface area contributed by atoms with Gasteiger partial charge in [-0.25, -0.2) is 0 Å². The summed E-state index contributed by atoms with van der Waals surface area (Å²) >= 11 is 0. The lowest BCUT2D eigenvalue weighted by molar-refractivity contribution is 0.0701. The molecule has 0 spiro atoms. The summed E-state index contributed by atoms with van der Waals surface area (Å²) in [6.45, 7) is 4.83. The summed E-state index contributed by atoms with van der Waals surface area (Å²) < 4.78 is 17.2. The zero-order chi connectivity index (χ0) is 22.2. The molecule has 6 heteroatoms. The summed E-state index contributed by atoms with van der Waals surface area (Å²) in [5, 5.41) is 0.476. The first kappa shape index (κ1) is 20.1. The average Bonchev–Trinajstić information content (AvgIpc) is 3.41. The Morgan fingerprint density at radius 3 is 2.59 bits per heavy atom. The molecule has 0 saturated heterocycles. The van der Waals surface area contributed by atoms with Gasteiger partial charge in [0.1, 0.15) is 17.1 Å². The van der Waals surface area contributed by atoms with Crippen LogP contribution in [0, 0.1) is 6.92 Å². The monoisotopic (exact) mass is 429 g/mol. The second-order valence-corrected chi connectivity index (χ2v) is 8.01. The molecule has 1 atom stereocenters. The first-order valence-electron chi connectivity index (χ1n) is 10.7. The minimum Gasteiger partial charge on any atom is -0.494 e. The molecule has 162 valence electrons. The summed E-state index contributed by atoms with van der Waals surface area (Å²) in [6, 6.07) is 15.9. The van der Waals surface area contributed by atoms with Gasteiger partial charge in [0.15, 0.2) is 5.43 Å². The number of aryl methyl sites for hydroxylation is 1. The van der Waals surface area contributed by atoms with Crippen molar-refractivity contribution in [3.63, 3.8) is 0 Å². The van der Waals surface area contributed by atoms with E-state index < -0.39 is 6.04 Å². The fourth-order valence-electron chi connectivity index (χ4n) is 4.18. The number of amides is 1. The molecule has 4 aromatic rings. The molecule has 32 heavy (non-hydrogen) atoms. The Bertz CT molecular complexity index is 1340. The van der Waals surface area contributed by atoms with Crippen LogP contribution in [0.1, 0.15) is 52.4 Å². The summed E-state index contributed by atoms with van der Waals surface area (Å²) in [6.07, 6.45) is 2.48. The molecule has 0 saturated carbocycles. The molecule has 0 radical (unpaired) electrons. The van der Waals surface area contributed by atoms with Crippen LogP contribution in [0.2, 0.25) is 0 Å². The number of furan rings is 1. The van der Waals surface area contributed by atoms with Crippen molar-refractivity contribution in [2.75, 3.05) is 6.61 Å². The average molecular weight is 429 g/mol. The van der Waals surface area contributed by atoms with Gasteiger partial charge in [-0.05, 0) is 55.3 Å². The Hall–Kier alpha value is -3.80. The number of rotatable bonds is 6. The van der Waals surface area contributed by atoms with Crippen molar-refractivity contribution in [2.45, 2.75) is 32.9 Å². The molecular weight excluding hydrogens is 406 g/mol. The molecule has 6 nitrogen and oxygen atoms in total. The molecule has 0 aliphatic carbocycles. The zero-order valence-electron chi connectivity index (χ0n) is 18.0. The van der Waals surface area contributed by atoms with Crippen LogP contribution in [0.5, 0.6) is 5.75 Å². The van der Waals surface area contributed by atoms with E-state index >= 15 is 0 Å². The number of benzene rings is 2. The molecule has 0 N–H and O–H groups in total. The van der Waals surface area contributed by atoms with Crippen LogP contribution in [0.15, 0.2) is 74.5 Å². The molecule has 2 aromatic heterocycles. The number of hydrogen-bond donors (Lipinski definition) is 0. The second-order valence-electron chi connectivity index (χ2n) is 8.01. The first-order valence-corrected chi connectivity index (χ1v) is 10.7. The minimum absolute atomic E-state index is 0.0919. The highest BCUT2D eigenvalue weighted by atomic mass is 16.5. The lowest BCUT2D eigenvalue weighted by Crippen LogP contribution is -2.29. The number of carbonyl (C=O) groups is 1. The van der Waals surface area contributed by atoms with Gasteiger partial charge in [0.2, 0.25) is 5.76 Å². The number of fused-ring (bicyclic) bond motifs is 2. The lowest BCUT2D eigenvalue weighted by atomic mass is 9.98.